The summed E-state index contributed by atoms with van der Waals surface area (Å²) in [5.74, 6) is 0.659. The Bertz CT molecular complexity index is 321. The largest absolute Gasteiger partial charge is 0.497 e. The number of hydrogen-bond donors (Lipinski definition) is 1. The first-order chi connectivity index (χ1) is 7.42. The first-order valence-electron chi connectivity index (χ1n) is 4.88. The molecular weight excluding hydrogens is 219 g/mol. The summed E-state index contributed by atoms with van der Waals surface area (Å²) in [6, 6.07) is 6.14. The van der Waals surface area contributed by atoms with Gasteiger partial charge in [-0.2, -0.15) is 13.2 Å². The molecule has 1 aromatic rings. The summed E-state index contributed by atoms with van der Waals surface area (Å²) in [5, 5.41) is 0. The smallest absolute Gasteiger partial charge is 0.389 e. The van der Waals surface area contributed by atoms with Gasteiger partial charge in [0.25, 0.3) is 0 Å². The fourth-order valence-corrected chi connectivity index (χ4v) is 1.34. The van der Waals surface area contributed by atoms with E-state index in [-0.39, 0.29) is 6.42 Å². The molecule has 0 aliphatic rings. The number of hydrogen-bond acceptors (Lipinski definition) is 2. The molecule has 0 radical (unpaired) electrons. The molecule has 2 N–H and O–H groups in total. The van der Waals surface area contributed by atoms with Crippen LogP contribution in [0.2, 0.25) is 0 Å². The molecule has 1 rings (SSSR count). The van der Waals surface area contributed by atoms with Gasteiger partial charge in [-0.15, -0.1) is 0 Å². The fraction of sp³-hybridized carbons (Fsp3) is 0.455. The van der Waals surface area contributed by atoms with Gasteiger partial charge in [0.15, 0.2) is 0 Å². The molecule has 90 valence electrons. The minimum absolute atomic E-state index is 0.101. The molecule has 5 heteroatoms. The molecule has 0 unspecified atom stereocenters. The van der Waals surface area contributed by atoms with Gasteiger partial charge >= 0.3 is 6.18 Å². The van der Waals surface area contributed by atoms with Crippen molar-refractivity contribution in [2.24, 2.45) is 5.73 Å². The second-order valence-corrected chi connectivity index (χ2v) is 3.53. The Kier molecular flexibility index (Phi) is 4.18. The Balaban J connectivity index is 2.56. The Hall–Kier alpha value is -1.23. The summed E-state index contributed by atoms with van der Waals surface area (Å²) in [6.07, 6.45) is -5.11. The van der Waals surface area contributed by atoms with Crippen LogP contribution in [0.3, 0.4) is 0 Å². The predicted octanol–water partition coefficient (Wildman–Crippen LogP) is 3.04. The van der Waals surface area contributed by atoms with Crippen molar-refractivity contribution in [1.82, 2.24) is 0 Å². The first-order valence-corrected chi connectivity index (χ1v) is 4.88. The van der Waals surface area contributed by atoms with Crippen LogP contribution in [0.4, 0.5) is 13.2 Å². The molecule has 0 spiro atoms. The van der Waals surface area contributed by atoms with Crippen molar-refractivity contribution < 1.29 is 17.9 Å². The molecule has 0 bridgehead atoms. The molecule has 2 nitrogen and oxygen atoms in total. The van der Waals surface area contributed by atoms with Gasteiger partial charge in [0.1, 0.15) is 5.75 Å². The summed E-state index contributed by atoms with van der Waals surface area (Å²) in [7, 11) is 1.53. The van der Waals surface area contributed by atoms with Crippen LogP contribution in [-0.4, -0.2) is 13.3 Å². The van der Waals surface area contributed by atoms with E-state index in [4.69, 9.17) is 10.5 Å². The van der Waals surface area contributed by atoms with Crippen molar-refractivity contribution in [1.29, 1.82) is 0 Å². The van der Waals surface area contributed by atoms with E-state index in [0.717, 1.165) is 0 Å². The molecule has 0 amide bonds. The molecule has 1 atom stereocenters. The standard InChI is InChI=1S/C11H14F3NO/c1-16-9-4-2-8(3-5-9)10(15)6-7-11(12,13)14/h2-5,10H,6-7,15H2,1H3/t10-/m1/s1. The van der Waals surface area contributed by atoms with Crippen LogP contribution in [0.5, 0.6) is 5.75 Å². The van der Waals surface area contributed by atoms with Crippen LogP contribution in [0.25, 0.3) is 0 Å². The summed E-state index contributed by atoms with van der Waals surface area (Å²) in [5.41, 5.74) is 6.34. The minimum Gasteiger partial charge on any atom is -0.497 e. The summed E-state index contributed by atoms with van der Waals surface area (Å²) in [6.45, 7) is 0. The zero-order chi connectivity index (χ0) is 12.2. The quantitative estimate of drug-likeness (QED) is 0.867. The third-order valence-corrected chi connectivity index (χ3v) is 2.28. The highest BCUT2D eigenvalue weighted by molar-refractivity contribution is 5.28. The van der Waals surface area contributed by atoms with Gasteiger partial charge in [0.05, 0.1) is 7.11 Å². The molecule has 0 aliphatic heterocycles. The van der Waals surface area contributed by atoms with E-state index < -0.39 is 18.6 Å². The lowest BCUT2D eigenvalue weighted by atomic mass is 10.0. The van der Waals surface area contributed by atoms with Gasteiger partial charge in [-0.25, -0.2) is 0 Å². The number of ether oxygens (including phenoxy) is 1. The number of benzene rings is 1. The molecule has 16 heavy (non-hydrogen) atoms. The molecule has 0 aliphatic carbocycles. The second kappa shape index (κ2) is 5.21. The Morgan fingerprint density at radius 3 is 2.25 bits per heavy atom. The van der Waals surface area contributed by atoms with Gasteiger partial charge in [-0.1, -0.05) is 12.1 Å². The van der Waals surface area contributed by atoms with E-state index >= 15 is 0 Å². The van der Waals surface area contributed by atoms with Crippen LogP contribution in [0.15, 0.2) is 24.3 Å². The van der Waals surface area contributed by atoms with Crippen LogP contribution >= 0.6 is 0 Å². The van der Waals surface area contributed by atoms with E-state index in [1.54, 1.807) is 24.3 Å². The van der Waals surface area contributed by atoms with Gasteiger partial charge in [0.2, 0.25) is 0 Å². The van der Waals surface area contributed by atoms with Gasteiger partial charge in [-0.05, 0) is 24.1 Å². The highest BCUT2D eigenvalue weighted by Gasteiger charge is 2.27. The van der Waals surface area contributed by atoms with Crippen molar-refractivity contribution >= 4 is 0 Å². The third kappa shape index (κ3) is 4.10. The molecule has 0 saturated carbocycles. The van der Waals surface area contributed by atoms with Gasteiger partial charge in [-0.3, -0.25) is 0 Å². The average Bonchev–Trinajstić information content (AvgIpc) is 2.25. The Morgan fingerprint density at radius 1 is 1.25 bits per heavy atom. The number of rotatable bonds is 4. The normalized spacial score (nSPS) is 13.6. The van der Waals surface area contributed by atoms with E-state index in [0.29, 0.717) is 11.3 Å². The Morgan fingerprint density at radius 2 is 1.81 bits per heavy atom. The summed E-state index contributed by atoms with van der Waals surface area (Å²) >= 11 is 0. The second-order valence-electron chi connectivity index (χ2n) is 3.53. The van der Waals surface area contributed by atoms with Gasteiger partial charge in [0, 0.05) is 12.5 Å². The van der Waals surface area contributed by atoms with E-state index in [1.165, 1.54) is 7.11 Å². The van der Waals surface area contributed by atoms with E-state index in [1.807, 2.05) is 0 Å². The number of alkyl halides is 3. The van der Waals surface area contributed by atoms with Crippen LogP contribution in [0, 0.1) is 0 Å². The SMILES string of the molecule is COc1ccc([C@H](N)CCC(F)(F)F)cc1. The van der Waals surface area contributed by atoms with Crippen LogP contribution in [-0.2, 0) is 0 Å². The zero-order valence-corrected chi connectivity index (χ0v) is 8.92. The van der Waals surface area contributed by atoms with Crippen molar-refractivity contribution in [3.63, 3.8) is 0 Å². The molecular formula is C11H14F3NO. The maximum Gasteiger partial charge on any atom is 0.389 e. The lowest BCUT2D eigenvalue weighted by Crippen LogP contribution is -2.15. The molecule has 0 fully saturated rings. The van der Waals surface area contributed by atoms with Gasteiger partial charge < -0.3 is 10.5 Å². The molecule has 0 heterocycles. The monoisotopic (exact) mass is 233 g/mol. The van der Waals surface area contributed by atoms with Crippen molar-refractivity contribution in [3.8, 4) is 5.75 Å². The third-order valence-electron chi connectivity index (χ3n) is 2.28. The molecule has 0 aromatic heterocycles. The average molecular weight is 233 g/mol. The zero-order valence-electron chi connectivity index (χ0n) is 8.92. The number of nitrogens with two attached hydrogens (primary N) is 1. The van der Waals surface area contributed by atoms with Crippen molar-refractivity contribution in [2.45, 2.75) is 25.1 Å². The topological polar surface area (TPSA) is 35.2 Å². The highest BCUT2D eigenvalue weighted by Crippen LogP contribution is 2.26. The Labute approximate surface area is 92.2 Å². The van der Waals surface area contributed by atoms with Crippen molar-refractivity contribution in [2.75, 3.05) is 7.11 Å². The number of methoxy groups -OCH3 is 1. The van der Waals surface area contributed by atoms with Crippen LogP contribution < -0.4 is 10.5 Å². The number of halogens is 3. The maximum atomic E-state index is 12.0. The van der Waals surface area contributed by atoms with E-state index in [9.17, 15) is 13.2 Å². The highest BCUT2D eigenvalue weighted by atomic mass is 19.4. The molecule has 1 aromatic carbocycles. The maximum absolute atomic E-state index is 12.0. The van der Waals surface area contributed by atoms with Crippen LogP contribution in [0.1, 0.15) is 24.4 Å². The fourth-order valence-electron chi connectivity index (χ4n) is 1.34. The molecule has 0 saturated heterocycles. The summed E-state index contributed by atoms with van der Waals surface area (Å²) < 4.78 is 40.9. The van der Waals surface area contributed by atoms with Crippen molar-refractivity contribution in [3.05, 3.63) is 29.8 Å². The minimum atomic E-state index is -4.15. The predicted molar refractivity (Wildman–Crippen MR) is 55.2 cm³/mol. The summed E-state index contributed by atoms with van der Waals surface area (Å²) in [4.78, 5) is 0. The van der Waals surface area contributed by atoms with E-state index in [2.05, 4.69) is 0 Å². The first kappa shape index (κ1) is 12.8. The lowest BCUT2D eigenvalue weighted by Gasteiger charge is -2.13. The lowest BCUT2D eigenvalue weighted by molar-refractivity contribution is -0.136.